The molecule has 0 aliphatic carbocycles. The molecule has 2 heterocycles. The molecule has 0 N–H and O–H groups in total. The molecule has 0 bridgehead atoms. The van der Waals surface area contributed by atoms with Gasteiger partial charge in [0.1, 0.15) is 6.33 Å². The molecule has 1 aromatic heterocycles. The molecule has 1 aromatic rings. The van der Waals surface area contributed by atoms with Crippen LogP contribution in [0.4, 0.5) is 5.69 Å². The zero-order chi connectivity index (χ0) is 13.0. The van der Waals surface area contributed by atoms with E-state index in [1.54, 1.807) is 0 Å². The van der Waals surface area contributed by atoms with Gasteiger partial charge in [-0.05, 0) is 18.8 Å². The Labute approximate surface area is 108 Å². The van der Waals surface area contributed by atoms with Gasteiger partial charge < -0.3 is 9.47 Å². The summed E-state index contributed by atoms with van der Waals surface area (Å²) < 4.78 is 10.6. The molecule has 0 spiro atoms. The fraction of sp³-hybridized carbons (Fsp3) is 0.600. The number of nitrogens with zero attached hydrogens (tertiary/aromatic N) is 3. The predicted molar refractivity (Wildman–Crippen MR) is 62.7 cm³/mol. The Morgan fingerprint density at radius 2 is 2.22 bits per heavy atom. The van der Waals surface area contributed by atoms with Crippen molar-refractivity contribution in [1.29, 1.82) is 0 Å². The highest BCUT2D eigenvalue weighted by molar-refractivity contribution is 6.31. The smallest absolute Gasteiger partial charge is 0.367 e. The highest BCUT2D eigenvalue weighted by atomic mass is 35.5. The lowest BCUT2D eigenvalue weighted by Gasteiger charge is -2.21. The number of hydrogen-bond acceptors (Lipinski definition) is 6. The summed E-state index contributed by atoms with van der Waals surface area (Å²) >= 11 is 5.65. The second-order valence-corrected chi connectivity index (χ2v) is 4.30. The van der Waals surface area contributed by atoms with Crippen molar-refractivity contribution in [2.45, 2.75) is 12.8 Å². The summed E-state index contributed by atoms with van der Waals surface area (Å²) in [5, 5.41) is 10.6. The largest absolute Gasteiger partial charge is 0.472 e. The first-order valence-electron chi connectivity index (χ1n) is 5.54. The van der Waals surface area contributed by atoms with Crippen molar-refractivity contribution in [2.75, 3.05) is 19.8 Å². The Kier molecular flexibility index (Phi) is 4.27. The predicted octanol–water partition coefficient (Wildman–Crippen LogP) is 1.84. The summed E-state index contributed by atoms with van der Waals surface area (Å²) in [6, 6.07) is 0. The molecule has 0 aromatic carbocycles. The van der Waals surface area contributed by atoms with Crippen LogP contribution in [-0.4, -0.2) is 34.7 Å². The van der Waals surface area contributed by atoms with Gasteiger partial charge in [-0.3, -0.25) is 10.1 Å². The molecular weight excluding hydrogens is 262 g/mol. The molecule has 0 saturated carbocycles. The van der Waals surface area contributed by atoms with Crippen molar-refractivity contribution in [2.24, 2.45) is 5.92 Å². The van der Waals surface area contributed by atoms with E-state index in [0.29, 0.717) is 25.7 Å². The van der Waals surface area contributed by atoms with E-state index in [4.69, 9.17) is 21.1 Å². The molecular formula is C10H12ClN3O4. The second kappa shape index (κ2) is 5.92. The van der Waals surface area contributed by atoms with Gasteiger partial charge in [0.05, 0.1) is 11.5 Å². The topological polar surface area (TPSA) is 87.4 Å². The van der Waals surface area contributed by atoms with Crippen molar-refractivity contribution in [1.82, 2.24) is 9.97 Å². The molecule has 98 valence electrons. The van der Waals surface area contributed by atoms with Crippen LogP contribution >= 0.6 is 11.6 Å². The number of hydrogen-bond donors (Lipinski definition) is 0. The molecule has 18 heavy (non-hydrogen) atoms. The van der Waals surface area contributed by atoms with Gasteiger partial charge in [-0.2, -0.15) is 4.98 Å². The lowest BCUT2D eigenvalue weighted by atomic mass is 10.0. The van der Waals surface area contributed by atoms with Crippen molar-refractivity contribution in [3.05, 3.63) is 21.6 Å². The summed E-state index contributed by atoms with van der Waals surface area (Å²) in [6.07, 6.45) is 2.91. The average molecular weight is 274 g/mol. The molecule has 0 amide bonds. The summed E-state index contributed by atoms with van der Waals surface area (Å²) in [5.41, 5.74) is -0.383. The van der Waals surface area contributed by atoms with Gasteiger partial charge in [-0.1, -0.05) is 11.6 Å². The molecule has 0 unspecified atom stereocenters. The highest BCUT2D eigenvalue weighted by Gasteiger charge is 2.24. The third-order valence-electron chi connectivity index (χ3n) is 2.72. The van der Waals surface area contributed by atoms with E-state index in [2.05, 4.69) is 9.97 Å². The molecule has 0 radical (unpaired) electrons. The third-order valence-corrected chi connectivity index (χ3v) is 3.00. The zero-order valence-electron chi connectivity index (χ0n) is 9.54. The first kappa shape index (κ1) is 13.0. The standard InChI is InChI=1S/C10H12ClN3O4/c11-9-8(14(15)16)10(13-6-12-9)18-5-7-1-3-17-4-2-7/h6-7H,1-5H2. The summed E-state index contributed by atoms with van der Waals surface area (Å²) in [5.74, 6) is 0.249. The maximum atomic E-state index is 10.8. The van der Waals surface area contributed by atoms with E-state index < -0.39 is 4.92 Å². The van der Waals surface area contributed by atoms with Crippen LogP contribution in [0.1, 0.15) is 12.8 Å². The quantitative estimate of drug-likeness (QED) is 0.472. The SMILES string of the molecule is O=[N+]([O-])c1c(Cl)ncnc1OCC1CCOCC1. The van der Waals surface area contributed by atoms with Crippen molar-refractivity contribution < 1.29 is 14.4 Å². The Morgan fingerprint density at radius 1 is 1.50 bits per heavy atom. The van der Waals surface area contributed by atoms with E-state index in [0.717, 1.165) is 19.2 Å². The van der Waals surface area contributed by atoms with Crippen molar-refractivity contribution in [3.63, 3.8) is 0 Å². The minimum Gasteiger partial charge on any atom is -0.472 e. The third kappa shape index (κ3) is 3.05. The second-order valence-electron chi connectivity index (χ2n) is 3.94. The van der Waals surface area contributed by atoms with Crippen LogP contribution in [0.2, 0.25) is 5.15 Å². The van der Waals surface area contributed by atoms with E-state index in [9.17, 15) is 10.1 Å². The van der Waals surface area contributed by atoms with E-state index in [-0.39, 0.29) is 16.7 Å². The first-order valence-corrected chi connectivity index (χ1v) is 5.91. The fourth-order valence-electron chi connectivity index (χ4n) is 1.71. The Bertz CT molecular complexity index is 437. The number of nitro groups is 1. The van der Waals surface area contributed by atoms with Gasteiger partial charge in [0.25, 0.3) is 5.88 Å². The Balaban J connectivity index is 2.04. The van der Waals surface area contributed by atoms with Gasteiger partial charge in [-0.25, -0.2) is 4.98 Å². The van der Waals surface area contributed by atoms with Crippen LogP contribution in [0.3, 0.4) is 0 Å². The van der Waals surface area contributed by atoms with E-state index >= 15 is 0 Å². The molecule has 2 rings (SSSR count). The monoisotopic (exact) mass is 273 g/mol. The zero-order valence-corrected chi connectivity index (χ0v) is 10.3. The summed E-state index contributed by atoms with van der Waals surface area (Å²) in [6.45, 7) is 1.76. The summed E-state index contributed by atoms with van der Waals surface area (Å²) in [7, 11) is 0. The Hall–Kier alpha value is -1.47. The van der Waals surface area contributed by atoms with E-state index in [1.165, 1.54) is 0 Å². The van der Waals surface area contributed by atoms with Gasteiger partial charge in [-0.15, -0.1) is 0 Å². The number of ether oxygens (including phenoxy) is 2. The summed E-state index contributed by atoms with van der Waals surface area (Å²) in [4.78, 5) is 17.5. The number of aromatic nitrogens is 2. The molecule has 1 aliphatic rings. The van der Waals surface area contributed by atoms with Crippen LogP contribution in [0.5, 0.6) is 5.88 Å². The van der Waals surface area contributed by atoms with Crippen LogP contribution in [0.15, 0.2) is 6.33 Å². The Morgan fingerprint density at radius 3 is 2.89 bits per heavy atom. The molecule has 1 fully saturated rings. The van der Waals surface area contributed by atoms with Crippen molar-refractivity contribution >= 4 is 17.3 Å². The normalized spacial score (nSPS) is 16.5. The minimum atomic E-state index is -0.637. The van der Waals surface area contributed by atoms with Crippen LogP contribution in [-0.2, 0) is 4.74 Å². The van der Waals surface area contributed by atoms with Gasteiger partial charge in [0.2, 0.25) is 5.15 Å². The van der Waals surface area contributed by atoms with Gasteiger partial charge in [0.15, 0.2) is 0 Å². The lowest BCUT2D eigenvalue weighted by molar-refractivity contribution is -0.386. The molecule has 1 aliphatic heterocycles. The minimum absolute atomic E-state index is 0.0773. The van der Waals surface area contributed by atoms with E-state index in [1.807, 2.05) is 0 Å². The molecule has 7 nitrogen and oxygen atoms in total. The first-order chi connectivity index (χ1) is 8.68. The molecule has 1 saturated heterocycles. The average Bonchev–Trinajstić information content (AvgIpc) is 2.37. The van der Waals surface area contributed by atoms with Crippen LogP contribution in [0, 0.1) is 16.0 Å². The highest BCUT2D eigenvalue weighted by Crippen LogP contribution is 2.30. The molecule has 8 heteroatoms. The maximum Gasteiger partial charge on any atom is 0.367 e. The fourth-order valence-corrected chi connectivity index (χ4v) is 1.90. The number of rotatable bonds is 4. The van der Waals surface area contributed by atoms with Crippen LogP contribution < -0.4 is 4.74 Å². The maximum absolute atomic E-state index is 10.8. The molecule has 0 atom stereocenters. The lowest BCUT2D eigenvalue weighted by Crippen LogP contribution is -2.22. The van der Waals surface area contributed by atoms with Crippen molar-refractivity contribution in [3.8, 4) is 5.88 Å². The van der Waals surface area contributed by atoms with Gasteiger partial charge in [0, 0.05) is 13.2 Å². The van der Waals surface area contributed by atoms with Gasteiger partial charge >= 0.3 is 5.69 Å². The number of halogens is 1. The van der Waals surface area contributed by atoms with Crippen LogP contribution in [0.25, 0.3) is 0 Å².